The van der Waals surface area contributed by atoms with Gasteiger partial charge < -0.3 is 9.47 Å². The normalized spacial score (nSPS) is 24.7. The van der Waals surface area contributed by atoms with E-state index in [1.54, 1.807) is 6.92 Å². The summed E-state index contributed by atoms with van der Waals surface area (Å²) in [5.41, 5.74) is 0.798. The summed E-state index contributed by atoms with van der Waals surface area (Å²) in [4.78, 5) is 11.2. The van der Waals surface area contributed by atoms with Crippen molar-refractivity contribution in [2.75, 3.05) is 6.79 Å². The van der Waals surface area contributed by atoms with E-state index in [1.807, 2.05) is 0 Å². The topological polar surface area (TPSA) is 35.5 Å². The van der Waals surface area contributed by atoms with E-state index in [0.29, 0.717) is 11.0 Å². The zero-order valence-electron chi connectivity index (χ0n) is 12.1. The SMILES string of the molecule is C=C(C)C(=O)OCOC1CCC(C(C)(C)C)CC1. The van der Waals surface area contributed by atoms with Crippen LogP contribution in [-0.4, -0.2) is 18.9 Å². The van der Waals surface area contributed by atoms with Crippen molar-refractivity contribution in [1.29, 1.82) is 0 Å². The summed E-state index contributed by atoms with van der Waals surface area (Å²) in [7, 11) is 0. The summed E-state index contributed by atoms with van der Waals surface area (Å²) in [5.74, 6) is 0.397. The van der Waals surface area contributed by atoms with Gasteiger partial charge in [0.25, 0.3) is 0 Å². The minimum Gasteiger partial charge on any atom is -0.435 e. The van der Waals surface area contributed by atoms with Crippen molar-refractivity contribution in [2.45, 2.75) is 59.5 Å². The van der Waals surface area contributed by atoms with E-state index in [-0.39, 0.29) is 18.9 Å². The van der Waals surface area contributed by atoms with Crippen molar-refractivity contribution in [2.24, 2.45) is 11.3 Å². The molecule has 0 aromatic heterocycles. The van der Waals surface area contributed by atoms with Crippen LogP contribution in [0.2, 0.25) is 0 Å². The Balaban J connectivity index is 2.20. The van der Waals surface area contributed by atoms with Crippen molar-refractivity contribution in [3.63, 3.8) is 0 Å². The van der Waals surface area contributed by atoms with Gasteiger partial charge in [0.05, 0.1) is 6.10 Å². The molecule has 0 amide bonds. The molecule has 0 spiro atoms. The molecule has 0 aromatic rings. The Morgan fingerprint density at radius 3 is 2.22 bits per heavy atom. The fourth-order valence-corrected chi connectivity index (χ4v) is 2.40. The van der Waals surface area contributed by atoms with Gasteiger partial charge in [-0.2, -0.15) is 0 Å². The standard InChI is InChI=1S/C15H26O3/c1-11(2)14(16)18-10-17-13-8-6-12(7-9-13)15(3,4)5/h12-13H,1,6-10H2,2-5H3. The molecule has 3 nitrogen and oxygen atoms in total. The van der Waals surface area contributed by atoms with Crippen molar-refractivity contribution in [1.82, 2.24) is 0 Å². The second kappa shape index (κ2) is 6.37. The summed E-state index contributed by atoms with van der Waals surface area (Å²) in [6.07, 6.45) is 4.76. The number of rotatable bonds is 4. The predicted octanol–water partition coefficient (Wildman–Crippen LogP) is 3.68. The molecule has 1 saturated carbocycles. The van der Waals surface area contributed by atoms with Gasteiger partial charge in [-0.25, -0.2) is 4.79 Å². The fraction of sp³-hybridized carbons (Fsp3) is 0.800. The Kier molecular flexibility index (Phi) is 5.39. The lowest BCUT2D eigenvalue weighted by Gasteiger charge is -2.36. The second-order valence-corrected chi connectivity index (χ2v) is 6.34. The summed E-state index contributed by atoms with van der Waals surface area (Å²) >= 11 is 0. The highest BCUT2D eigenvalue weighted by molar-refractivity contribution is 5.86. The molecule has 0 radical (unpaired) electrons. The summed E-state index contributed by atoms with van der Waals surface area (Å²) in [5, 5.41) is 0. The number of carbonyl (C=O) groups excluding carboxylic acids is 1. The van der Waals surface area contributed by atoms with Gasteiger partial charge >= 0.3 is 5.97 Å². The minimum atomic E-state index is -0.377. The molecule has 0 atom stereocenters. The Labute approximate surface area is 111 Å². The van der Waals surface area contributed by atoms with Gasteiger partial charge in [-0.3, -0.25) is 0 Å². The fourth-order valence-electron chi connectivity index (χ4n) is 2.40. The van der Waals surface area contributed by atoms with Crippen LogP contribution < -0.4 is 0 Å². The van der Waals surface area contributed by atoms with Crippen LogP contribution in [-0.2, 0) is 14.3 Å². The maximum atomic E-state index is 11.2. The lowest BCUT2D eigenvalue weighted by atomic mass is 9.72. The predicted molar refractivity (Wildman–Crippen MR) is 72.1 cm³/mol. The van der Waals surface area contributed by atoms with E-state index in [9.17, 15) is 4.79 Å². The van der Waals surface area contributed by atoms with Crippen molar-refractivity contribution in [3.05, 3.63) is 12.2 Å². The molecule has 0 aromatic carbocycles. The molecule has 0 saturated heterocycles. The van der Waals surface area contributed by atoms with Crippen molar-refractivity contribution >= 4 is 5.97 Å². The molecule has 3 heteroatoms. The molecule has 0 unspecified atom stereocenters. The van der Waals surface area contributed by atoms with Crippen LogP contribution >= 0.6 is 0 Å². The van der Waals surface area contributed by atoms with Crippen LogP contribution in [0.25, 0.3) is 0 Å². The third-order valence-corrected chi connectivity index (χ3v) is 3.74. The number of esters is 1. The van der Waals surface area contributed by atoms with Gasteiger partial charge in [0.2, 0.25) is 0 Å². The first kappa shape index (κ1) is 15.2. The molecule has 104 valence electrons. The molecule has 18 heavy (non-hydrogen) atoms. The Morgan fingerprint density at radius 2 is 1.78 bits per heavy atom. The van der Waals surface area contributed by atoms with Crippen LogP contribution in [0.5, 0.6) is 0 Å². The van der Waals surface area contributed by atoms with E-state index in [0.717, 1.165) is 18.8 Å². The van der Waals surface area contributed by atoms with Gasteiger partial charge in [-0.05, 0) is 43.9 Å². The van der Waals surface area contributed by atoms with E-state index < -0.39 is 0 Å². The third-order valence-electron chi connectivity index (χ3n) is 3.74. The van der Waals surface area contributed by atoms with E-state index >= 15 is 0 Å². The molecular weight excluding hydrogens is 228 g/mol. The smallest absolute Gasteiger partial charge is 0.335 e. The lowest BCUT2D eigenvalue weighted by Crippen LogP contribution is -2.29. The van der Waals surface area contributed by atoms with E-state index in [4.69, 9.17) is 9.47 Å². The third kappa shape index (κ3) is 4.81. The highest BCUT2D eigenvalue weighted by Gasteiger charge is 2.30. The molecule has 0 bridgehead atoms. The molecular formula is C15H26O3. The Bertz CT molecular complexity index is 293. The maximum Gasteiger partial charge on any atom is 0.335 e. The van der Waals surface area contributed by atoms with Crippen LogP contribution in [0.4, 0.5) is 0 Å². The number of hydrogen-bond acceptors (Lipinski definition) is 3. The monoisotopic (exact) mass is 254 g/mol. The number of hydrogen-bond donors (Lipinski definition) is 0. The van der Waals surface area contributed by atoms with Crippen molar-refractivity contribution < 1.29 is 14.3 Å². The average molecular weight is 254 g/mol. The van der Waals surface area contributed by atoms with Crippen LogP contribution in [0.1, 0.15) is 53.4 Å². The highest BCUT2D eigenvalue weighted by atomic mass is 16.7. The summed E-state index contributed by atoms with van der Waals surface area (Å²) in [6, 6.07) is 0. The summed E-state index contributed by atoms with van der Waals surface area (Å²) < 4.78 is 10.5. The zero-order chi connectivity index (χ0) is 13.8. The number of ether oxygens (including phenoxy) is 2. The molecule has 0 aliphatic heterocycles. The number of carbonyl (C=O) groups is 1. The largest absolute Gasteiger partial charge is 0.435 e. The lowest BCUT2D eigenvalue weighted by molar-refractivity contribution is -0.158. The second-order valence-electron chi connectivity index (χ2n) is 6.34. The maximum absolute atomic E-state index is 11.2. The molecule has 1 aliphatic rings. The van der Waals surface area contributed by atoms with Gasteiger partial charge in [0.15, 0.2) is 6.79 Å². The molecule has 0 N–H and O–H groups in total. The van der Waals surface area contributed by atoms with Crippen molar-refractivity contribution in [3.8, 4) is 0 Å². The average Bonchev–Trinajstić information content (AvgIpc) is 2.28. The van der Waals surface area contributed by atoms with Gasteiger partial charge in [0, 0.05) is 5.57 Å². The molecule has 1 aliphatic carbocycles. The summed E-state index contributed by atoms with van der Waals surface area (Å²) in [6.45, 7) is 12.1. The van der Waals surface area contributed by atoms with Gasteiger partial charge in [-0.1, -0.05) is 27.4 Å². The van der Waals surface area contributed by atoms with E-state index in [1.165, 1.54) is 12.8 Å². The van der Waals surface area contributed by atoms with E-state index in [2.05, 4.69) is 27.4 Å². The Hall–Kier alpha value is -0.830. The first-order valence-electron chi connectivity index (χ1n) is 6.75. The molecule has 1 fully saturated rings. The molecule has 0 heterocycles. The first-order chi connectivity index (χ1) is 8.30. The zero-order valence-corrected chi connectivity index (χ0v) is 12.1. The first-order valence-corrected chi connectivity index (χ1v) is 6.75. The molecule has 1 rings (SSSR count). The quantitative estimate of drug-likeness (QED) is 0.436. The van der Waals surface area contributed by atoms with Gasteiger partial charge in [-0.15, -0.1) is 0 Å². The van der Waals surface area contributed by atoms with Crippen LogP contribution in [0.3, 0.4) is 0 Å². The van der Waals surface area contributed by atoms with Crippen LogP contribution in [0.15, 0.2) is 12.2 Å². The highest BCUT2D eigenvalue weighted by Crippen LogP contribution is 2.38. The Morgan fingerprint density at radius 1 is 1.22 bits per heavy atom. The van der Waals surface area contributed by atoms with Crippen LogP contribution in [0, 0.1) is 11.3 Å². The minimum absolute atomic E-state index is 0.0521. The van der Waals surface area contributed by atoms with Gasteiger partial charge in [0.1, 0.15) is 0 Å².